The van der Waals surface area contributed by atoms with Crippen LogP contribution in [0.15, 0.2) is 65.4 Å². The molecule has 0 unspecified atom stereocenters. The number of carbonyl (C=O) groups excluding carboxylic acids is 1. The first-order chi connectivity index (χ1) is 12.2. The number of ether oxygens (including phenoxy) is 1. The zero-order chi connectivity index (χ0) is 17.6. The summed E-state index contributed by atoms with van der Waals surface area (Å²) in [7, 11) is 1.59. The molecule has 0 radical (unpaired) electrons. The van der Waals surface area contributed by atoms with Crippen LogP contribution in [-0.4, -0.2) is 22.8 Å². The van der Waals surface area contributed by atoms with E-state index in [1.807, 2.05) is 41.2 Å². The number of hydrogen-bond acceptors (Lipinski definition) is 3. The van der Waals surface area contributed by atoms with Gasteiger partial charge in [0.1, 0.15) is 5.75 Å². The minimum atomic E-state index is -0.121. The van der Waals surface area contributed by atoms with Crippen LogP contribution >= 0.6 is 15.9 Å². The Kier molecular flexibility index (Phi) is 5.50. The lowest BCUT2D eigenvalue weighted by atomic mass is 10.1. The fraction of sp³-hybridized carbons (Fsp3) is 0.158. The summed E-state index contributed by atoms with van der Waals surface area (Å²) >= 11 is 3.39. The quantitative estimate of drug-likeness (QED) is 0.688. The van der Waals surface area contributed by atoms with Crippen LogP contribution in [0.25, 0.3) is 0 Å². The number of nitrogens with zero attached hydrogens (tertiary/aromatic N) is 2. The summed E-state index contributed by atoms with van der Waals surface area (Å²) in [6.07, 6.45) is 3.70. The van der Waals surface area contributed by atoms with Gasteiger partial charge in [0.2, 0.25) is 0 Å². The highest BCUT2D eigenvalue weighted by atomic mass is 79.9. The lowest BCUT2D eigenvalue weighted by molar-refractivity contribution is 0.0951. The first-order valence-electron chi connectivity index (χ1n) is 7.82. The van der Waals surface area contributed by atoms with Crippen molar-refractivity contribution < 1.29 is 9.53 Å². The topological polar surface area (TPSA) is 56.1 Å². The van der Waals surface area contributed by atoms with Gasteiger partial charge in [-0.2, -0.15) is 5.10 Å². The highest BCUT2D eigenvalue weighted by molar-refractivity contribution is 9.10. The number of nitrogens with one attached hydrogen (secondary N) is 1. The predicted molar refractivity (Wildman–Crippen MR) is 99.6 cm³/mol. The molecular formula is C19H18BrN3O2. The van der Waals surface area contributed by atoms with E-state index < -0.39 is 0 Å². The average molecular weight is 400 g/mol. The van der Waals surface area contributed by atoms with Crippen molar-refractivity contribution in [3.8, 4) is 5.75 Å². The smallest absolute Gasteiger partial charge is 0.251 e. The maximum atomic E-state index is 12.3. The molecule has 0 spiro atoms. The second-order valence-corrected chi connectivity index (χ2v) is 6.41. The zero-order valence-electron chi connectivity index (χ0n) is 13.8. The van der Waals surface area contributed by atoms with Crippen molar-refractivity contribution >= 4 is 21.8 Å². The predicted octanol–water partition coefficient (Wildman–Crippen LogP) is 3.63. The van der Waals surface area contributed by atoms with Gasteiger partial charge in [-0.1, -0.05) is 24.3 Å². The molecule has 0 atom stereocenters. The van der Waals surface area contributed by atoms with E-state index in [1.165, 1.54) is 0 Å². The van der Waals surface area contributed by atoms with Crippen molar-refractivity contribution in [3.05, 3.63) is 82.1 Å². The molecule has 1 aromatic heterocycles. The summed E-state index contributed by atoms with van der Waals surface area (Å²) in [5, 5.41) is 7.12. The molecule has 6 heteroatoms. The van der Waals surface area contributed by atoms with Crippen molar-refractivity contribution in [3.63, 3.8) is 0 Å². The highest BCUT2D eigenvalue weighted by Gasteiger charge is 2.08. The summed E-state index contributed by atoms with van der Waals surface area (Å²) in [4.78, 5) is 12.3. The van der Waals surface area contributed by atoms with Gasteiger partial charge < -0.3 is 10.1 Å². The number of benzene rings is 2. The van der Waals surface area contributed by atoms with Crippen molar-refractivity contribution in [1.82, 2.24) is 15.1 Å². The van der Waals surface area contributed by atoms with Gasteiger partial charge in [-0.3, -0.25) is 9.48 Å². The molecular weight excluding hydrogens is 382 g/mol. The number of aromatic nitrogens is 2. The van der Waals surface area contributed by atoms with E-state index in [2.05, 4.69) is 26.3 Å². The van der Waals surface area contributed by atoms with Crippen molar-refractivity contribution in [1.29, 1.82) is 0 Å². The Morgan fingerprint density at radius 1 is 1.20 bits per heavy atom. The summed E-state index contributed by atoms with van der Waals surface area (Å²) in [6.45, 7) is 1.21. The van der Waals surface area contributed by atoms with E-state index in [9.17, 15) is 4.79 Å². The normalized spacial score (nSPS) is 10.5. The van der Waals surface area contributed by atoms with Crippen molar-refractivity contribution in [2.24, 2.45) is 0 Å². The largest absolute Gasteiger partial charge is 0.496 e. The van der Waals surface area contributed by atoms with Crippen molar-refractivity contribution in [2.75, 3.05) is 7.11 Å². The first-order valence-corrected chi connectivity index (χ1v) is 8.62. The standard InChI is InChI=1S/C19H18BrN3O2/c1-25-18-8-7-16(11-17(18)20)19(24)21-12-14-3-5-15(6-4-14)13-23-10-2-9-22-23/h2-11H,12-13H2,1H3,(H,21,24). The summed E-state index contributed by atoms with van der Waals surface area (Å²) in [5.41, 5.74) is 2.80. The van der Waals surface area contributed by atoms with Crippen molar-refractivity contribution in [2.45, 2.75) is 13.1 Å². The van der Waals surface area contributed by atoms with Gasteiger partial charge in [0, 0.05) is 24.5 Å². The first kappa shape index (κ1) is 17.2. The minimum Gasteiger partial charge on any atom is -0.496 e. The maximum absolute atomic E-state index is 12.3. The number of hydrogen-bond donors (Lipinski definition) is 1. The zero-order valence-corrected chi connectivity index (χ0v) is 15.4. The fourth-order valence-electron chi connectivity index (χ4n) is 2.44. The third kappa shape index (κ3) is 4.48. The molecule has 2 aromatic carbocycles. The van der Waals surface area contributed by atoms with Gasteiger partial charge in [0.15, 0.2) is 0 Å². The molecule has 3 rings (SSSR count). The molecule has 3 aromatic rings. The molecule has 0 bridgehead atoms. The van der Waals surface area contributed by atoms with Crippen LogP contribution in [0.4, 0.5) is 0 Å². The Morgan fingerprint density at radius 2 is 1.96 bits per heavy atom. The molecule has 0 saturated heterocycles. The maximum Gasteiger partial charge on any atom is 0.251 e. The van der Waals surface area contributed by atoms with E-state index in [4.69, 9.17) is 4.74 Å². The fourth-order valence-corrected chi connectivity index (χ4v) is 2.98. The van der Waals surface area contributed by atoms with Gasteiger partial charge in [-0.15, -0.1) is 0 Å². The van der Waals surface area contributed by atoms with E-state index in [-0.39, 0.29) is 5.91 Å². The third-order valence-corrected chi connectivity index (χ3v) is 4.41. The minimum absolute atomic E-state index is 0.121. The average Bonchev–Trinajstić information content (AvgIpc) is 3.14. The molecule has 0 saturated carbocycles. The number of methoxy groups -OCH3 is 1. The molecule has 1 N–H and O–H groups in total. The lowest BCUT2D eigenvalue weighted by Gasteiger charge is -2.09. The van der Waals surface area contributed by atoms with E-state index in [0.717, 1.165) is 22.1 Å². The number of amides is 1. The van der Waals surface area contributed by atoms with Gasteiger partial charge in [0.05, 0.1) is 18.1 Å². The molecule has 0 aliphatic heterocycles. The van der Waals surface area contributed by atoms with Gasteiger partial charge in [-0.25, -0.2) is 0 Å². The van der Waals surface area contributed by atoms with Crippen LogP contribution < -0.4 is 10.1 Å². The second-order valence-electron chi connectivity index (χ2n) is 5.55. The molecule has 128 valence electrons. The van der Waals surface area contributed by atoms with Crippen LogP contribution in [0.2, 0.25) is 0 Å². The molecule has 0 aliphatic carbocycles. The Bertz CT molecular complexity index is 846. The molecule has 1 amide bonds. The lowest BCUT2D eigenvalue weighted by Crippen LogP contribution is -2.22. The van der Waals surface area contributed by atoms with E-state index >= 15 is 0 Å². The molecule has 0 aliphatic rings. The molecule has 0 fully saturated rings. The summed E-state index contributed by atoms with van der Waals surface area (Å²) in [6, 6.07) is 15.3. The molecule has 5 nitrogen and oxygen atoms in total. The van der Waals surface area contributed by atoms with Crippen LogP contribution in [-0.2, 0) is 13.1 Å². The second kappa shape index (κ2) is 7.98. The Hall–Kier alpha value is -2.60. The SMILES string of the molecule is COc1ccc(C(=O)NCc2ccc(Cn3cccn3)cc2)cc1Br. The van der Waals surface area contributed by atoms with Gasteiger partial charge >= 0.3 is 0 Å². The molecule has 1 heterocycles. The molecule has 25 heavy (non-hydrogen) atoms. The van der Waals surface area contributed by atoms with E-state index in [1.54, 1.807) is 31.5 Å². The summed E-state index contributed by atoms with van der Waals surface area (Å²) in [5.74, 6) is 0.577. The van der Waals surface area contributed by atoms with Crippen LogP contribution in [0.5, 0.6) is 5.75 Å². The Labute approximate surface area is 154 Å². The van der Waals surface area contributed by atoms with E-state index in [0.29, 0.717) is 17.9 Å². The van der Waals surface area contributed by atoms with Crippen LogP contribution in [0.3, 0.4) is 0 Å². The third-order valence-electron chi connectivity index (χ3n) is 3.79. The van der Waals surface area contributed by atoms with Crippen LogP contribution in [0, 0.1) is 0 Å². The van der Waals surface area contributed by atoms with Gasteiger partial charge in [0.25, 0.3) is 5.91 Å². The monoisotopic (exact) mass is 399 g/mol. The number of rotatable bonds is 6. The summed E-state index contributed by atoms with van der Waals surface area (Å²) < 4.78 is 7.80. The Morgan fingerprint density at radius 3 is 2.60 bits per heavy atom. The number of carbonyl (C=O) groups is 1. The highest BCUT2D eigenvalue weighted by Crippen LogP contribution is 2.25. The van der Waals surface area contributed by atoms with Gasteiger partial charge in [-0.05, 0) is 51.3 Å². The number of halogens is 1. The van der Waals surface area contributed by atoms with Crippen LogP contribution in [0.1, 0.15) is 21.5 Å². The Balaban J connectivity index is 1.57.